The summed E-state index contributed by atoms with van der Waals surface area (Å²) in [6.07, 6.45) is 1.16. The fourth-order valence-electron chi connectivity index (χ4n) is 4.59. The second-order valence-electron chi connectivity index (χ2n) is 7.79. The Morgan fingerprint density at radius 1 is 0.970 bits per heavy atom. The van der Waals surface area contributed by atoms with E-state index in [0.717, 1.165) is 48.9 Å². The smallest absolute Gasteiger partial charge is 0.330 e. The molecule has 2 heterocycles. The van der Waals surface area contributed by atoms with Gasteiger partial charge in [0.15, 0.2) is 0 Å². The molecule has 0 aliphatic carbocycles. The normalized spacial score (nSPS) is 11.8. The topological polar surface area (TPSA) is 60.7 Å². The molecule has 5 nitrogen and oxygen atoms in total. The lowest BCUT2D eigenvalue weighted by Gasteiger charge is -2.15. The third-order valence-corrected chi connectivity index (χ3v) is 7.00. The van der Waals surface area contributed by atoms with Gasteiger partial charge in [0, 0.05) is 38.3 Å². The summed E-state index contributed by atoms with van der Waals surface area (Å²) in [5.41, 5.74) is 2.32. The molecule has 2 aromatic heterocycles. The van der Waals surface area contributed by atoms with Crippen molar-refractivity contribution in [1.82, 2.24) is 9.38 Å². The molecule has 0 fully saturated rings. The summed E-state index contributed by atoms with van der Waals surface area (Å²) >= 11 is 1.59. The van der Waals surface area contributed by atoms with Crippen LogP contribution in [0.1, 0.15) is 0 Å². The Balaban J connectivity index is 1.61. The average Bonchev–Trinajstić information content (AvgIpc) is 2.85. The number of ether oxygens (including phenoxy) is 1. The Hall–Kier alpha value is -3.90. The van der Waals surface area contributed by atoms with Crippen molar-refractivity contribution in [3.05, 3.63) is 89.7 Å². The van der Waals surface area contributed by atoms with Gasteiger partial charge < -0.3 is 4.74 Å². The highest BCUT2D eigenvalue weighted by Crippen LogP contribution is 2.36. The molecule has 0 aliphatic rings. The van der Waals surface area contributed by atoms with Crippen molar-refractivity contribution >= 4 is 66.7 Å². The second kappa shape index (κ2) is 7.60. The van der Waals surface area contributed by atoms with Crippen LogP contribution in [0.4, 0.5) is 0 Å². The number of carbonyl (C=O) groups is 1. The van der Waals surface area contributed by atoms with E-state index >= 15 is 0 Å². The van der Waals surface area contributed by atoms with Crippen molar-refractivity contribution in [1.29, 1.82) is 0 Å². The molecule has 0 saturated carbocycles. The van der Waals surface area contributed by atoms with E-state index in [9.17, 15) is 9.59 Å². The lowest BCUT2D eigenvalue weighted by molar-refractivity contribution is -0.137. The number of nitrogens with zero attached hydrogens (tertiary/aromatic N) is 2. The molecule has 6 heteroatoms. The van der Waals surface area contributed by atoms with E-state index in [1.165, 1.54) is 0 Å². The van der Waals surface area contributed by atoms with E-state index in [1.54, 1.807) is 16.2 Å². The van der Waals surface area contributed by atoms with Gasteiger partial charge in [0.25, 0.3) is 5.56 Å². The number of thioether (sulfide) groups is 1. The number of hydrogen-bond donors (Lipinski definition) is 0. The minimum Gasteiger partial charge on any atom is -0.462 e. The van der Waals surface area contributed by atoms with Crippen molar-refractivity contribution < 1.29 is 9.53 Å². The number of fused-ring (bicyclic) bond motifs is 3. The minimum atomic E-state index is -0.427. The SMILES string of the molecule is C=CC(=O)OCCSc1ccc2c3c1cccc3c(=O)n1c3cccc4cccc(nc21)c43. The predicted octanol–water partition coefficient (Wildman–Crippen LogP) is 5.57. The molecule has 0 spiro atoms. The van der Waals surface area contributed by atoms with Crippen LogP contribution >= 0.6 is 11.8 Å². The van der Waals surface area contributed by atoms with E-state index in [2.05, 4.69) is 12.6 Å². The Morgan fingerprint density at radius 3 is 2.61 bits per heavy atom. The molecule has 0 unspecified atom stereocenters. The minimum absolute atomic E-state index is 0.0732. The first-order valence-corrected chi connectivity index (χ1v) is 11.6. The molecule has 6 rings (SSSR count). The summed E-state index contributed by atoms with van der Waals surface area (Å²) < 4.78 is 6.84. The van der Waals surface area contributed by atoms with Crippen LogP contribution in [0.2, 0.25) is 0 Å². The number of rotatable bonds is 5. The highest BCUT2D eigenvalue weighted by Gasteiger charge is 2.17. The standard InChI is InChI=1S/C27H18N2O3S/c1-2-23(30)32-14-15-33-22-13-12-18-25-17(22)8-5-9-19(25)27(31)29-21-11-4-7-16-6-3-10-20(24(16)21)28-26(18)29/h2-13H,1,14-15H2. The third kappa shape index (κ3) is 2.98. The van der Waals surface area contributed by atoms with Gasteiger partial charge in [-0.3, -0.25) is 9.20 Å². The third-order valence-electron chi connectivity index (χ3n) is 5.97. The summed E-state index contributed by atoms with van der Waals surface area (Å²) in [5.74, 6) is 0.179. The van der Waals surface area contributed by atoms with Gasteiger partial charge in [0.2, 0.25) is 0 Å². The molecule has 0 atom stereocenters. The highest BCUT2D eigenvalue weighted by atomic mass is 32.2. The average molecular weight is 451 g/mol. The highest BCUT2D eigenvalue weighted by molar-refractivity contribution is 7.99. The number of aromatic nitrogens is 2. The van der Waals surface area contributed by atoms with Crippen molar-refractivity contribution in [2.45, 2.75) is 4.90 Å². The zero-order valence-corrected chi connectivity index (χ0v) is 18.4. The van der Waals surface area contributed by atoms with Crippen LogP contribution < -0.4 is 5.56 Å². The van der Waals surface area contributed by atoms with Gasteiger partial charge in [-0.1, -0.05) is 43.0 Å². The maximum atomic E-state index is 13.7. The molecule has 33 heavy (non-hydrogen) atoms. The van der Waals surface area contributed by atoms with Gasteiger partial charge in [-0.2, -0.15) is 0 Å². The molecule has 0 bridgehead atoms. The van der Waals surface area contributed by atoms with Gasteiger partial charge in [-0.05, 0) is 41.1 Å². The van der Waals surface area contributed by atoms with Crippen molar-refractivity contribution in [3.63, 3.8) is 0 Å². The number of esters is 1. The van der Waals surface area contributed by atoms with Crippen LogP contribution in [0.25, 0.3) is 49.0 Å². The lowest BCUT2D eigenvalue weighted by atomic mass is 10.0. The maximum absolute atomic E-state index is 13.7. The van der Waals surface area contributed by atoms with Crippen molar-refractivity contribution in [2.24, 2.45) is 0 Å². The van der Waals surface area contributed by atoms with Crippen LogP contribution in [0.5, 0.6) is 0 Å². The summed E-state index contributed by atoms with van der Waals surface area (Å²) in [7, 11) is 0. The van der Waals surface area contributed by atoms with E-state index in [-0.39, 0.29) is 5.56 Å². The zero-order valence-electron chi connectivity index (χ0n) is 17.6. The summed E-state index contributed by atoms with van der Waals surface area (Å²) in [5, 5.41) is 5.57. The van der Waals surface area contributed by atoms with E-state index in [0.29, 0.717) is 23.4 Å². The Bertz CT molecular complexity index is 1780. The maximum Gasteiger partial charge on any atom is 0.330 e. The zero-order chi connectivity index (χ0) is 22.5. The fourth-order valence-corrected chi connectivity index (χ4v) is 5.47. The predicted molar refractivity (Wildman–Crippen MR) is 135 cm³/mol. The quantitative estimate of drug-likeness (QED) is 0.0859. The Kier molecular flexibility index (Phi) is 4.55. The first-order chi connectivity index (χ1) is 16.2. The molecular weight excluding hydrogens is 432 g/mol. The van der Waals surface area contributed by atoms with Gasteiger partial charge in [0.05, 0.1) is 11.0 Å². The van der Waals surface area contributed by atoms with Crippen LogP contribution in [0.15, 0.2) is 89.1 Å². The second-order valence-corrected chi connectivity index (χ2v) is 8.92. The molecule has 0 N–H and O–H groups in total. The molecule has 0 amide bonds. The van der Waals surface area contributed by atoms with E-state index in [4.69, 9.17) is 9.72 Å². The molecule has 6 aromatic rings. The monoisotopic (exact) mass is 450 g/mol. The number of pyridine rings is 1. The van der Waals surface area contributed by atoms with Crippen molar-refractivity contribution in [3.8, 4) is 0 Å². The van der Waals surface area contributed by atoms with Crippen LogP contribution in [-0.2, 0) is 9.53 Å². The first-order valence-electron chi connectivity index (χ1n) is 10.6. The van der Waals surface area contributed by atoms with Crippen LogP contribution in [-0.4, -0.2) is 27.7 Å². The fraction of sp³-hybridized carbons (Fsp3) is 0.0741. The van der Waals surface area contributed by atoms with Gasteiger partial charge in [-0.25, -0.2) is 9.78 Å². The van der Waals surface area contributed by atoms with Gasteiger partial charge >= 0.3 is 5.97 Å². The van der Waals surface area contributed by atoms with E-state index in [1.807, 2.05) is 60.7 Å². The van der Waals surface area contributed by atoms with Crippen LogP contribution in [0, 0.1) is 0 Å². The first kappa shape index (κ1) is 19.8. The van der Waals surface area contributed by atoms with Gasteiger partial charge in [-0.15, -0.1) is 11.8 Å². The largest absolute Gasteiger partial charge is 0.462 e. The van der Waals surface area contributed by atoms with E-state index < -0.39 is 5.97 Å². The number of benzene rings is 4. The Morgan fingerprint density at radius 2 is 1.76 bits per heavy atom. The van der Waals surface area contributed by atoms with Crippen LogP contribution in [0.3, 0.4) is 0 Å². The molecular formula is C27H18N2O3S. The number of hydrogen-bond acceptors (Lipinski definition) is 5. The molecule has 0 saturated heterocycles. The molecule has 160 valence electrons. The molecule has 0 radical (unpaired) electrons. The van der Waals surface area contributed by atoms with Gasteiger partial charge in [0.1, 0.15) is 12.3 Å². The molecule has 4 aromatic carbocycles. The lowest BCUT2D eigenvalue weighted by Crippen LogP contribution is -2.16. The Labute approximate surface area is 192 Å². The summed E-state index contributed by atoms with van der Waals surface area (Å²) in [6, 6.07) is 22.0. The summed E-state index contributed by atoms with van der Waals surface area (Å²) in [4.78, 5) is 31.0. The molecule has 0 aliphatic heterocycles. The summed E-state index contributed by atoms with van der Waals surface area (Å²) in [6.45, 7) is 3.70. The number of carbonyl (C=O) groups excluding carboxylic acids is 1. The van der Waals surface area contributed by atoms with Crippen molar-refractivity contribution in [2.75, 3.05) is 12.4 Å².